The van der Waals surface area contributed by atoms with Crippen molar-refractivity contribution in [3.05, 3.63) is 24.3 Å². The number of benzene rings is 1. The number of tetrazole rings is 1. The van der Waals surface area contributed by atoms with E-state index in [1.807, 2.05) is 28.9 Å². The number of hydrogen-bond donors (Lipinski definition) is 1. The van der Waals surface area contributed by atoms with Crippen molar-refractivity contribution in [1.82, 2.24) is 20.2 Å². The summed E-state index contributed by atoms with van der Waals surface area (Å²) in [6.07, 6.45) is 5.08. The maximum atomic E-state index is 5.71. The number of hydrogen-bond acceptors (Lipinski definition) is 4. The molecule has 1 heterocycles. The van der Waals surface area contributed by atoms with Gasteiger partial charge in [0.1, 0.15) is 0 Å². The van der Waals surface area contributed by atoms with Crippen LogP contribution >= 0.6 is 0 Å². The fourth-order valence-electron chi connectivity index (χ4n) is 2.77. The summed E-state index contributed by atoms with van der Waals surface area (Å²) in [5.41, 5.74) is 7.89. The molecule has 5 heteroatoms. The molecule has 0 atom stereocenters. The normalized spacial score (nSPS) is 17.1. The van der Waals surface area contributed by atoms with Crippen molar-refractivity contribution in [2.24, 2.45) is 5.41 Å². The van der Waals surface area contributed by atoms with Gasteiger partial charge in [0.25, 0.3) is 0 Å². The van der Waals surface area contributed by atoms with Crippen molar-refractivity contribution in [3.63, 3.8) is 0 Å². The van der Waals surface area contributed by atoms with E-state index in [4.69, 9.17) is 5.73 Å². The van der Waals surface area contributed by atoms with Crippen molar-refractivity contribution >= 4 is 5.69 Å². The number of nitrogens with two attached hydrogens (primary N) is 1. The number of anilines is 1. The van der Waals surface area contributed by atoms with Crippen molar-refractivity contribution in [2.75, 3.05) is 5.73 Å². The van der Waals surface area contributed by atoms with E-state index in [9.17, 15) is 0 Å². The predicted octanol–water partition coefficient (Wildman–Crippen LogP) is 2.50. The number of nitrogens with zero attached hydrogens (tertiary/aromatic N) is 4. The van der Waals surface area contributed by atoms with Crippen molar-refractivity contribution in [2.45, 2.75) is 39.2 Å². The van der Waals surface area contributed by atoms with Gasteiger partial charge in [-0.1, -0.05) is 13.3 Å². The van der Waals surface area contributed by atoms with Crippen molar-refractivity contribution < 1.29 is 0 Å². The molecule has 5 nitrogen and oxygen atoms in total. The van der Waals surface area contributed by atoms with Gasteiger partial charge in [-0.3, -0.25) is 0 Å². The van der Waals surface area contributed by atoms with E-state index in [-0.39, 0.29) is 0 Å². The highest BCUT2D eigenvalue weighted by Crippen LogP contribution is 2.45. The lowest BCUT2D eigenvalue weighted by Crippen LogP contribution is -2.34. The van der Waals surface area contributed by atoms with Gasteiger partial charge in [-0.25, -0.2) is 4.68 Å². The number of nitrogen functional groups attached to an aromatic ring is 1. The molecule has 1 aromatic carbocycles. The highest BCUT2D eigenvalue weighted by Gasteiger charge is 2.36. The Kier molecular flexibility index (Phi) is 2.97. The average molecular weight is 257 g/mol. The summed E-state index contributed by atoms with van der Waals surface area (Å²) in [7, 11) is 0. The minimum Gasteiger partial charge on any atom is -0.399 e. The van der Waals surface area contributed by atoms with Gasteiger partial charge in [0.05, 0.1) is 6.54 Å². The zero-order valence-electron chi connectivity index (χ0n) is 11.2. The maximum absolute atomic E-state index is 5.71. The van der Waals surface area contributed by atoms with E-state index in [1.165, 1.54) is 25.7 Å². The fourth-order valence-corrected chi connectivity index (χ4v) is 2.77. The van der Waals surface area contributed by atoms with Crippen molar-refractivity contribution in [1.29, 1.82) is 0 Å². The molecule has 1 fully saturated rings. The van der Waals surface area contributed by atoms with E-state index in [0.717, 1.165) is 23.6 Å². The quantitative estimate of drug-likeness (QED) is 0.854. The summed E-state index contributed by atoms with van der Waals surface area (Å²) in [5.74, 6) is 0.833. The van der Waals surface area contributed by atoms with Crippen LogP contribution in [-0.2, 0) is 6.54 Å². The van der Waals surface area contributed by atoms with Gasteiger partial charge in [-0.15, -0.1) is 5.10 Å². The topological polar surface area (TPSA) is 69.6 Å². The number of rotatable bonds is 4. The molecule has 0 unspecified atom stereocenters. The molecule has 1 saturated carbocycles. The van der Waals surface area contributed by atoms with E-state index >= 15 is 0 Å². The lowest BCUT2D eigenvalue weighted by molar-refractivity contribution is 0.0948. The largest absolute Gasteiger partial charge is 0.399 e. The van der Waals surface area contributed by atoms with Crippen LogP contribution in [0.25, 0.3) is 11.4 Å². The first kappa shape index (κ1) is 12.1. The molecule has 2 aromatic rings. The number of aromatic nitrogens is 4. The lowest BCUT2D eigenvalue weighted by atomic mass is 9.67. The molecule has 0 aliphatic heterocycles. The van der Waals surface area contributed by atoms with Gasteiger partial charge in [0.2, 0.25) is 0 Å². The van der Waals surface area contributed by atoms with E-state index in [1.54, 1.807) is 0 Å². The van der Waals surface area contributed by atoms with Crippen LogP contribution in [-0.4, -0.2) is 20.2 Å². The smallest absolute Gasteiger partial charge is 0.182 e. The molecule has 1 aliphatic carbocycles. The summed E-state index contributed by atoms with van der Waals surface area (Å²) in [6, 6.07) is 7.70. The second-order valence-electron chi connectivity index (χ2n) is 5.49. The molecule has 2 N–H and O–H groups in total. The van der Waals surface area contributed by atoms with Crippen LogP contribution in [0.2, 0.25) is 0 Å². The summed E-state index contributed by atoms with van der Waals surface area (Å²) >= 11 is 0. The standard InChI is InChI=1S/C14H19N5/c1-2-14(8-3-9-14)10-19-13(16-17-18-19)11-4-6-12(15)7-5-11/h4-7H,2-3,8-10,15H2,1H3. The molecular formula is C14H19N5. The monoisotopic (exact) mass is 257 g/mol. The van der Waals surface area contributed by atoms with Gasteiger partial charge < -0.3 is 5.73 Å². The van der Waals surface area contributed by atoms with Crippen LogP contribution in [0.15, 0.2) is 24.3 Å². The van der Waals surface area contributed by atoms with Crippen LogP contribution in [0.3, 0.4) is 0 Å². The molecule has 0 radical (unpaired) electrons. The maximum Gasteiger partial charge on any atom is 0.182 e. The third kappa shape index (κ3) is 2.20. The molecule has 0 spiro atoms. The first-order valence-corrected chi connectivity index (χ1v) is 6.84. The summed E-state index contributed by atoms with van der Waals surface area (Å²) in [4.78, 5) is 0. The molecule has 100 valence electrons. The third-order valence-electron chi connectivity index (χ3n) is 4.35. The molecule has 3 rings (SSSR count). The van der Waals surface area contributed by atoms with Crippen LogP contribution in [0.5, 0.6) is 0 Å². The summed E-state index contributed by atoms with van der Waals surface area (Å²) in [6.45, 7) is 3.17. The van der Waals surface area contributed by atoms with Crippen LogP contribution in [0.4, 0.5) is 5.69 Å². The molecule has 0 amide bonds. The summed E-state index contributed by atoms with van der Waals surface area (Å²) in [5, 5.41) is 12.1. The van der Waals surface area contributed by atoms with Gasteiger partial charge in [-0.05, 0) is 59.4 Å². The van der Waals surface area contributed by atoms with Gasteiger partial charge >= 0.3 is 0 Å². The molecular weight excluding hydrogens is 238 g/mol. The summed E-state index contributed by atoms with van der Waals surface area (Å²) < 4.78 is 1.94. The first-order chi connectivity index (χ1) is 9.22. The second kappa shape index (κ2) is 4.64. The minimum atomic E-state index is 0.401. The molecule has 0 bridgehead atoms. The second-order valence-corrected chi connectivity index (χ2v) is 5.49. The van der Waals surface area contributed by atoms with Crippen LogP contribution in [0.1, 0.15) is 32.6 Å². The SMILES string of the molecule is CCC1(Cn2nnnc2-c2ccc(N)cc2)CCC1. The van der Waals surface area contributed by atoms with Crippen LogP contribution < -0.4 is 5.73 Å². The Morgan fingerprint density at radius 3 is 2.58 bits per heavy atom. The van der Waals surface area contributed by atoms with E-state index < -0.39 is 0 Å². The van der Waals surface area contributed by atoms with Crippen molar-refractivity contribution in [3.8, 4) is 11.4 Å². The molecule has 0 saturated heterocycles. The van der Waals surface area contributed by atoms with Gasteiger partial charge in [0.15, 0.2) is 5.82 Å². The Bertz CT molecular complexity index is 548. The van der Waals surface area contributed by atoms with Crippen LogP contribution in [0, 0.1) is 5.41 Å². The highest BCUT2D eigenvalue weighted by molar-refractivity contribution is 5.58. The zero-order chi connectivity index (χ0) is 13.3. The predicted molar refractivity (Wildman–Crippen MR) is 74.2 cm³/mol. The Balaban J connectivity index is 1.88. The average Bonchev–Trinajstić information content (AvgIpc) is 2.83. The van der Waals surface area contributed by atoms with Gasteiger partial charge in [-0.2, -0.15) is 0 Å². The Labute approximate surface area is 112 Å². The van der Waals surface area contributed by atoms with Gasteiger partial charge in [0, 0.05) is 11.3 Å². The minimum absolute atomic E-state index is 0.401. The zero-order valence-corrected chi connectivity index (χ0v) is 11.2. The molecule has 19 heavy (non-hydrogen) atoms. The lowest BCUT2D eigenvalue weighted by Gasteiger charge is -2.41. The fraction of sp³-hybridized carbons (Fsp3) is 0.500. The Morgan fingerprint density at radius 1 is 1.26 bits per heavy atom. The van der Waals surface area contributed by atoms with E-state index in [0.29, 0.717) is 5.41 Å². The highest BCUT2D eigenvalue weighted by atomic mass is 15.5. The Hall–Kier alpha value is -1.91. The van der Waals surface area contributed by atoms with E-state index in [2.05, 4.69) is 22.4 Å². The Morgan fingerprint density at radius 2 is 2.00 bits per heavy atom. The molecule has 1 aromatic heterocycles. The first-order valence-electron chi connectivity index (χ1n) is 6.84. The molecule has 1 aliphatic rings. The third-order valence-corrected chi connectivity index (χ3v) is 4.35.